The Morgan fingerprint density at radius 1 is 1.17 bits per heavy atom. The molecule has 0 atom stereocenters. The summed E-state index contributed by atoms with van der Waals surface area (Å²) in [6.45, 7) is 4.66. The molecule has 0 fully saturated rings. The number of hydrogen-bond donors (Lipinski definition) is 1. The average molecular weight is 345 g/mol. The number of carbonyl (C=O) groups is 1. The molecule has 2 rings (SSSR count). The van der Waals surface area contributed by atoms with Crippen molar-refractivity contribution in [1.29, 1.82) is 0 Å². The lowest BCUT2D eigenvalue weighted by atomic mass is 10.1. The van der Waals surface area contributed by atoms with Crippen molar-refractivity contribution in [3.05, 3.63) is 53.6 Å². The minimum Gasteiger partial charge on any atom is -0.497 e. The van der Waals surface area contributed by atoms with Crippen LogP contribution in [0.1, 0.15) is 11.1 Å². The van der Waals surface area contributed by atoms with Gasteiger partial charge in [0, 0.05) is 17.5 Å². The number of amides is 1. The third-order valence-corrected chi connectivity index (χ3v) is 4.34. The summed E-state index contributed by atoms with van der Waals surface area (Å²) < 4.78 is 10.9. The van der Waals surface area contributed by atoms with Crippen LogP contribution in [0.5, 0.6) is 11.5 Å². The Morgan fingerprint density at radius 3 is 2.79 bits per heavy atom. The number of ether oxygens (including phenoxy) is 2. The predicted octanol–water partition coefficient (Wildman–Crippen LogP) is 4.06. The summed E-state index contributed by atoms with van der Waals surface area (Å²) in [5, 5.41) is 2.86. The molecule has 0 saturated heterocycles. The van der Waals surface area contributed by atoms with Crippen LogP contribution in [0.15, 0.2) is 42.5 Å². The fourth-order valence-corrected chi connectivity index (χ4v) is 2.74. The summed E-state index contributed by atoms with van der Waals surface area (Å²) in [5.41, 5.74) is 3.05. The van der Waals surface area contributed by atoms with E-state index in [1.54, 1.807) is 24.9 Å². The molecule has 128 valence electrons. The Hall–Kier alpha value is -2.14. The first kappa shape index (κ1) is 18.2. The highest BCUT2D eigenvalue weighted by Crippen LogP contribution is 2.19. The molecule has 1 amide bonds. The largest absolute Gasteiger partial charge is 0.497 e. The van der Waals surface area contributed by atoms with Gasteiger partial charge in [-0.1, -0.05) is 18.2 Å². The molecule has 0 radical (unpaired) electrons. The number of rotatable bonds is 8. The van der Waals surface area contributed by atoms with Gasteiger partial charge in [0.1, 0.15) is 11.5 Å². The van der Waals surface area contributed by atoms with Gasteiger partial charge in [-0.2, -0.15) is 0 Å². The Kier molecular flexibility index (Phi) is 7.00. The van der Waals surface area contributed by atoms with Crippen LogP contribution in [0.3, 0.4) is 0 Å². The maximum absolute atomic E-state index is 11.9. The number of anilines is 1. The van der Waals surface area contributed by atoms with Gasteiger partial charge in [0.25, 0.3) is 0 Å². The van der Waals surface area contributed by atoms with Crippen molar-refractivity contribution in [2.24, 2.45) is 0 Å². The molecule has 1 N–H and O–H groups in total. The van der Waals surface area contributed by atoms with Crippen LogP contribution >= 0.6 is 11.8 Å². The molecule has 0 aromatic heterocycles. The molecule has 0 aliphatic rings. The van der Waals surface area contributed by atoms with E-state index in [1.807, 2.05) is 38.1 Å². The van der Waals surface area contributed by atoms with E-state index in [0.717, 1.165) is 28.5 Å². The lowest BCUT2D eigenvalue weighted by Crippen LogP contribution is -2.15. The van der Waals surface area contributed by atoms with Crippen LogP contribution in [-0.4, -0.2) is 31.1 Å². The Labute approximate surface area is 147 Å². The predicted molar refractivity (Wildman–Crippen MR) is 100 cm³/mol. The number of hydrogen-bond acceptors (Lipinski definition) is 4. The lowest BCUT2D eigenvalue weighted by molar-refractivity contribution is -0.113. The van der Waals surface area contributed by atoms with E-state index >= 15 is 0 Å². The highest BCUT2D eigenvalue weighted by molar-refractivity contribution is 7.99. The molecule has 4 nitrogen and oxygen atoms in total. The number of carbonyl (C=O) groups excluding carboxylic acids is 1. The van der Waals surface area contributed by atoms with E-state index in [2.05, 4.69) is 17.4 Å². The van der Waals surface area contributed by atoms with Crippen molar-refractivity contribution >= 4 is 23.4 Å². The molecule has 24 heavy (non-hydrogen) atoms. The zero-order valence-electron chi connectivity index (χ0n) is 14.3. The average Bonchev–Trinajstić information content (AvgIpc) is 2.57. The Bertz CT molecular complexity index is 688. The summed E-state index contributed by atoms with van der Waals surface area (Å²) >= 11 is 1.55. The van der Waals surface area contributed by atoms with Gasteiger partial charge in [-0.3, -0.25) is 4.79 Å². The number of nitrogens with one attached hydrogen (secondary N) is 1. The number of aryl methyl sites for hydroxylation is 2. The van der Waals surface area contributed by atoms with Crippen LogP contribution < -0.4 is 14.8 Å². The minimum atomic E-state index is -0.0278. The maximum Gasteiger partial charge on any atom is 0.234 e. The minimum absolute atomic E-state index is 0.0278. The third-order valence-electron chi connectivity index (χ3n) is 3.42. The van der Waals surface area contributed by atoms with Crippen LogP contribution in [0.2, 0.25) is 0 Å². The normalized spacial score (nSPS) is 10.3. The fraction of sp³-hybridized carbons (Fsp3) is 0.316. The molecule has 2 aromatic carbocycles. The monoisotopic (exact) mass is 345 g/mol. The first-order chi connectivity index (χ1) is 11.6. The summed E-state index contributed by atoms with van der Waals surface area (Å²) in [7, 11) is 1.60. The van der Waals surface area contributed by atoms with E-state index in [-0.39, 0.29) is 5.91 Å². The first-order valence-electron chi connectivity index (χ1n) is 7.80. The first-order valence-corrected chi connectivity index (χ1v) is 8.95. The van der Waals surface area contributed by atoms with Crippen molar-refractivity contribution in [3.63, 3.8) is 0 Å². The van der Waals surface area contributed by atoms with Gasteiger partial charge in [-0.15, -0.1) is 11.8 Å². The molecule has 0 unspecified atom stereocenters. The van der Waals surface area contributed by atoms with Gasteiger partial charge in [0.05, 0.1) is 19.5 Å². The Balaban J connectivity index is 1.68. The van der Waals surface area contributed by atoms with Crippen LogP contribution in [0, 0.1) is 13.8 Å². The van der Waals surface area contributed by atoms with E-state index in [0.29, 0.717) is 12.4 Å². The second-order valence-electron chi connectivity index (χ2n) is 5.45. The lowest BCUT2D eigenvalue weighted by Gasteiger charge is -2.10. The molecule has 2 aromatic rings. The number of benzene rings is 2. The summed E-state index contributed by atoms with van der Waals surface area (Å²) in [6.07, 6.45) is 0. The van der Waals surface area contributed by atoms with Crippen molar-refractivity contribution in [1.82, 2.24) is 0 Å². The molecule has 0 aliphatic carbocycles. The SMILES string of the molecule is COc1cccc(NC(=O)CSCCOc2cc(C)ccc2C)c1. The summed E-state index contributed by atoms with van der Waals surface area (Å²) in [5.74, 6) is 2.77. The van der Waals surface area contributed by atoms with Crippen LogP contribution in [-0.2, 0) is 4.79 Å². The molecule has 0 heterocycles. The number of methoxy groups -OCH3 is 1. The van der Waals surface area contributed by atoms with Gasteiger partial charge >= 0.3 is 0 Å². The van der Waals surface area contributed by atoms with Crippen molar-refractivity contribution in [3.8, 4) is 11.5 Å². The maximum atomic E-state index is 11.9. The summed E-state index contributed by atoms with van der Waals surface area (Å²) in [6, 6.07) is 13.5. The smallest absolute Gasteiger partial charge is 0.234 e. The van der Waals surface area contributed by atoms with Gasteiger partial charge < -0.3 is 14.8 Å². The molecular weight excluding hydrogens is 322 g/mol. The van der Waals surface area contributed by atoms with E-state index in [4.69, 9.17) is 9.47 Å². The van der Waals surface area contributed by atoms with Crippen molar-refractivity contribution in [2.75, 3.05) is 30.5 Å². The zero-order valence-corrected chi connectivity index (χ0v) is 15.1. The van der Waals surface area contributed by atoms with Crippen LogP contribution in [0.4, 0.5) is 5.69 Å². The van der Waals surface area contributed by atoms with Gasteiger partial charge in [-0.25, -0.2) is 0 Å². The van der Waals surface area contributed by atoms with E-state index in [1.165, 1.54) is 5.56 Å². The van der Waals surface area contributed by atoms with Gasteiger partial charge in [-0.05, 0) is 43.2 Å². The van der Waals surface area contributed by atoms with Crippen LogP contribution in [0.25, 0.3) is 0 Å². The second kappa shape index (κ2) is 9.23. The molecule has 0 spiro atoms. The van der Waals surface area contributed by atoms with E-state index < -0.39 is 0 Å². The van der Waals surface area contributed by atoms with Gasteiger partial charge in [0.2, 0.25) is 5.91 Å². The highest BCUT2D eigenvalue weighted by atomic mass is 32.2. The third kappa shape index (κ3) is 5.81. The fourth-order valence-electron chi connectivity index (χ4n) is 2.14. The molecule has 0 bridgehead atoms. The quantitative estimate of drug-likeness (QED) is 0.733. The van der Waals surface area contributed by atoms with E-state index in [9.17, 15) is 4.79 Å². The topological polar surface area (TPSA) is 47.6 Å². The Morgan fingerprint density at radius 2 is 2.00 bits per heavy atom. The molecular formula is C19H23NO3S. The second-order valence-corrected chi connectivity index (χ2v) is 6.56. The number of thioether (sulfide) groups is 1. The summed E-state index contributed by atoms with van der Waals surface area (Å²) in [4.78, 5) is 11.9. The zero-order chi connectivity index (χ0) is 17.4. The highest BCUT2D eigenvalue weighted by Gasteiger charge is 2.04. The molecule has 0 saturated carbocycles. The molecule has 5 heteroatoms. The molecule has 0 aliphatic heterocycles. The van der Waals surface area contributed by atoms with Crippen molar-refractivity contribution in [2.45, 2.75) is 13.8 Å². The standard InChI is InChI=1S/C19H23NO3S/c1-14-7-8-15(2)18(11-14)23-9-10-24-13-19(21)20-16-5-4-6-17(12-16)22-3/h4-8,11-12H,9-10,13H2,1-3H3,(H,20,21). The van der Waals surface area contributed by atoms with Gasteiger partial charge in [0.15, 0.2) is 0 Å². The van der Waals surface area contributed by atoms with Crippen molar-refractivity contribution < 1.29 is 14.3 Å².